The summed E-state index contributed by atoms with van der Waals surface area (Å²) in [5.41, 5.74) is 7.38. The van der Waals surface area contributed by atoms with Gasteiger partial charge in [-0.05, 0) is 56.7 Å². The SMILES string of the molecule is COC(=O)CCNC(=O)c1cc(NC(=O)c2ccc(C(N)=NC(=O)OC(C)(C)C)cc2)ccc1OCc1ccccc1. The molecule has 0 spiro atoms. The number of methoxy groups -OCH3 is 1. The maximum absolute atomic E-state index is 13.0. The van der Waals surface area contributed by atoms with Crippen molar-refractivity contribution in [2.45, 2.75) is 39.4 Å². The lowest BCUT2D eigenvalue weighted by molar-refractivity contribution is -0.140. The number of amidine groups is 1. The lowest BCUT2D eigenvalue weighted by Crippen LogP contribution is -2.27. The second-order valence-electron chi connectivity index (χ2n) is 10.1. The van der Waals surface area contributed by atoms with E-state index in [0.717, 1.165) is 5.56 Å². The summed E-state index contributed by atoms with van der Waals surface area (Å²) in [4.78, 5) is 53.1. The second kappa shape index (κ2) is 14.4. The van der Waals surface area contributed by atoms with Gasteiger partial charge in [0.1, 0.15) is 23.8 Å². The molecule has 4 N–H and O–H groups in total. The van der Waals surface area contributed by atoms with E-state index in [1.165, 1.54) is 25.3 Å². The topological polar surface area (TPSA) is 158 Å². The summed E-state index contributed by atoms with van der Waals surface area (Å²) in [6.45, 7) is 5.44. The average Bonchev–Trinajstić information content (AvgIpc) is 2.95. The van der Waals surface area contributed by atoms with Gasteiger partial charge in [0.2, 0.25) is 0 Å². The number of carbonyl (C=O) groups is 4. The van der Waals surface area contributed by atoms with Crippen LogP contribution in [0.2, 0.25) is 0 Å². The number of hydrogen-bond donors (Lipinski definition) is 3. The third kappa shape index (κ3) is 9.77. The van der Waals surface area contributed by atoms with Gasteiger partial charge in [0.05, 0.1) is 19.1 Å². The highest BCUT2D eigenvalue weighted by molar-refractivity contribution is 6.07. The molecular weight excluding hydrogens is 540 g/mol. The molecule has 0 aliphatic carbocycles. The number of nitrogens with two attached hydrogens (primary N) is 1. The van der Waals surface area contributed by atoms with Gasteiger partial charge in [0.25, 0.3) is 11.8 Å². The molecular formula is C31H34N4O7. The van der Waals surface area contributed by atoms with Crippen LogP contribution in [0.1, 0.15) is 59.0 Å². The molecule has 3 amide bonds. The molecule has 0 heterocycles. The summed E-state index contributed by atoms with van der Waals surface area (Å²) < 4.78 is 15.7. The fraction of sp³-hybridized carbons (Fsp3) is 0.258. The molecule has 3 aromatic rings. The number of benzene rings is 3. The van der Waals surface area contributed by atoms with Gasteiger partial charge in [-0.25, -0.2) is 4.79 Å². The molecule has 11 nitrogen and oxygen atoms in total. The molecule has 0 radical (unpaired) electrons. The van der Waals surface area contributed by atoms with Gasteiger partial charge in [-0.15, -0.1) is 0 Å². The maximum Gasteiger partial charge on any atom is 0.436 e. The Bertz CT molecular complexity index is 1450. The molecule has 3 rings (SSSR count). The Labute approximate surface area is 244 Å². The molecule has 0 aromatic heterocycles. The molecule has 0 saturated heterocycles. The Hall–Kier alpha value is -5.19. The van der Waals surface area contributed by atoms with E-state index in [2.05, 4.69) is 20.4 Å². The monoisotopic (exact) mass is 574 g/mol. The number of rotatable bonds is 10. The molecule has 0 aliphatic heterocycles. The van der Waals surface area contributed by atoms with E-state index in [1.54, 1.807) is 45.0 Å². The molecule has 42 heavy (non-hydrogen) atoms. The largest absolute Gasteiger partial charge is 0.488 e. The van der Waals surface area contributed by atoms with Crippen molar-refractivity contribution in [2.75, 3.05) is 19.0 Å². The predicted octanol–water partition coefficient (Wildman–Crippen LogP) is 4.45. The minimum atomic E-state index is -0.817. The third-order valence-corrected chi connectivity index (χ3v) is 5.61. The van der Waals surface area contributed by atoms with Crippen molar-refractivity contribution >= 4 is 35.4 Å². The van der Waals surface area contributed by atoms with Gasteiger partial charge in [0, 0.05) is 23.4 Å². The first-order valence-electron chi connectivity index (χ1n) is 13.1. The molecule has 3 aromatic carbocycles. The van der Waals surface area contributed by atoms with Gasteiger partial charge < -0.3 is 30.6 Å². The highest BCUT2D eigenvalue weighted by Crippen LogP contribution is 2.25. The molecule has 0 atom stereocenters. The highest BCUT2D eigenvalue weighted by atomic mass is 16.6. The van der Waals surface area contributed by atoms with E-state index >= 15 is 0 Å². The fourth-order valence-electron chi connectivity index (χ4n) is 3.57. The first kappa shape index (κ1) is 31.3. The first-order valence-corrected chi connectivity index (χ1v) is 13.1. The predicted molar refractivity (Wildman–Crippen MR) is 158 cm³/mol. The molecule has 220 valence electrons. The number of ether oxygens (including phenoxy) is 3. The number of hydrogen-bond acceptors (Lipinski definition) is 7. The first-order chi connectivity index (χ1) is 19.9. The summed E-state index contributed by atoms with van der Waals surface area (Å²) in [7, 11) is 1.27. The van der Waals surface area contributed by atoms with Crippen molar-refractivity contribution in [1.82, 2.24) is 5.32 Å². The normalized spacial score (nSPS) is 11.3. The van der Waals surface area contributed by atoms with E-state index in [4.69, 9.17) is 15.2 Å². The van der Waals surface area contributed by atoms with E-state index in [1.807, 2.05) is 30.3 Å². The van der Waals surface area contributed by atoms with Crippen LogP contribution in [-0.4, -0.2) is 49.0 Å². The van der Waals surface area contributed by atoms with Crippen molar-refractivity contribution in [2.24, 2.45) is 10.7 Å². The molecule has 0 bridgehead atoms. The van der Waals surface area contributed by atoms with Crippen molar-refractivity contribution in [3.05, 3.63) is 95.1 Å². The van der Waals surface area contributed by atoms with Crippen LogP contribution < -0.4 is 21.1 Å². The Morgan fingerprint density at radius 2 is 1.55 bits per heavy atom. The lowest BCUT2D eigenvalue weighted by Gasteiger charge is -2.17. The van der Waals surface area contributed by atoms with Crippen LogP contribution in [0.25, 0.3) is 0 Å². The second-order valence-corrected chi connectivity index (χ2v) is 10.1. The van der Waals surface area contributed by atoms with E-state index in [-0.39, 0.29) is 31.0 Å². The van der Waals surface area contributed by atoms with Crippen molar-refractivity contribution in [3.63, 3.8) is 0 Å². The van der Waals surface area contributed by atoms with E-state index in [0.29, 0.717) is 22.6 Å². The zero-order chi connectivity index (χ0) is 30.7. The molecule has 11 heteroatoms. The van der Waals surface area contributed by atoms with Crippen molar-refractivity contribution < 1.29 is 33.4 Å². The summed E-state index contributed by atoms with van der Waals surface area (Å²) >= 11 is 0. The number of esters is 1. The summed E-state index contributed by atoms with van der Waals surface area (Å²) in [6, 6.07) is 20.3. The smallest absolute Gasteiger partial charge is 0.436 e. The summed E-state index contributed by atoms with van der Waals surface area (Å²) in [6.07, 6.45) is -0.815. The standard InChI is InChI=1S/C31H34N4O7/c1-31(2,3)42-30(39)35-27(32)21-10-12-22(13-11-21)28(37)34-23-14-15-25(41-19-20-8-6-5-7-9-20)24(18-23)29(38)33-17-16-26(36)40-4/h5-15,18H,16-17,19H2,1-4H3,(H,33,38)(H,34,37)(H2,32,35,39). The number of nitrogens with one attached hydrogen (secondary N) is 2. The third-order valence-electron chi connectivity index (χ3n) is 5.61. The lowest BCUT2D eigenvalue weighted by atomic mass is 10.1. The Kier molecular flexibility index (Phi) is 10.8. The Morgan fingerprint density at radius 1 is 0.881 bits per heavy atom. The Balaban J connectivity index is 1.74. The minimum absolute atomic E-state index is 0.00185. The Morgan fingerprint density at radius 3 is 2.19 bits per heavy atom. The fourth-order valence-corrected chi connectivity index (χ4v) is 3.57. The van der Waals surface area contributed by atoms with Gasteiger partial charge in [-0.2, -0.15) is 4.99 Å². The van der Waals surface area contributed by atoms with E-state index in [9.17, 15) is 19.2 Å². The summed E-state index contributed by atoms with van der Waals surface area (Å²) in [5, 5.41) is 5.43. The van der Waals surface area contributed by atoms with Gasteiger partial charge in [-0.1, -0.05) is 42.5 Å². The van der Waals surface area contributed by atoms with Crippen molar-refractivity contribution in [1.29, 1.82) is 0 Å². The average molecular weight is 575 g/mol. The number of anilines is 1. The summed E-state index contributed by atoms with van der Waals surface area (Å²) in [5.74, 6) is -1.14. The van der Waals surface area contributed by atoms with Crippen molar-refractivity contribution in [3.8, 4) is 5.75 Å². The number of amides is 3. The maximum atomic E-state index is 13.0. The van der Waals surface area contributed by atoms with Crippen LogP contribution in [-0.2, 0) is 20.9 Å². The van der Waals surface area contributed by atoms with E-state index < -0.39 is 29.5 Å². The van der Waals surface area contributed by atoms with Gasteiger partial charge >= 0.3 is 12.1 Å². The van der Waals surface area contributed by atoms with Crippen LogP contribution in [0, 0.1) is 0 Å². The van der Waals surface area contributed by atoms with Crippen LogP contribution in [0.4, 0.5) is 10.5 Å². The van der Waals surface area contributed by atoms with Crippen LogP contribution >= 0.6 is 0 Å². The molecule has 0 unspecified atom stereocenters. The number of aliphatic imine (C=N–C) groups is 1. The van der Waals surface area contributed by atoms with Crippen LogP contribution in [0.3, 0.4) is 0 Å². The van der Waals surface area contributed by atoms with Gasteiger partial charge in [-0.3, -0.25) is 14.4 Å². The minimum Gasteiger partial charge on any atom is -0.488 e. The zero-order valence-corrected chi connectivity index (χ0v) is 23.9. The molecule has 0 fully saturated rings. The van der Waals surface area contributed by atoms with Crippen LogP contribution in [0.5, 0.6) is 5.75 Å². The highest BCUT2D eigenvalue weighted by Gasteiger charge is 2.18. The van der Waals surface area contributed by atoms with Gasteiger partial charge in [0.15, 0.2) is 0 Å². The quantitative estimate of drug-likeness (QED) is 0.182. The molecule has 0 saturated carbocycles. The number of carbonyl (C=O) groups excluding carboxylic acids is 4. The number of nitrogens with zero attached hydrogens (tertiary/aromatic N) is 1. The zero-order valence-electron chi connectivity index (χ0n) is 23.9. The van der Waals surface area contributed by atoms with Crippen LogP contribution in [0.15, 0.2) is 77.8 Å². The molecule has 0 aliphatic rings.